The normalized spacial score (nSPS) is 12.9. The number of hydrogen-bond donors (Lipinski definition) is 2. The molecular formula is C9H16N4O2. The van der Waals surface area contributed by atoms with Gasteiger partial charge in [0.2, 0.25) is 5.89 Å². The molecule has 0 saturated heterocycles. The average Bonchev–Trinajstić information content (AvgIpc) is 2.66. The SMILES string of the molecule is CNC(=O)c1noc(C(CN)C(C)C)n1. The molecule has 1 unspecified atom stereocenters. The van der Waals surface area contributed by atoms with E-state index in [1.54, 1.807) is 0 Å². The van der Waals surface area contributed by atoms with Gasteiger partial charge in [-0.3, -0.25) is 4.79 Å². The maximum atomic E-state index is 11.2. The molecule has 0 aliphatic rings. The summed E-state index contributed by atoms with van der Waals surface area (Å²) in [5.41, 5.74) is 5.60. The van der Waals surface area contributed by atoms with Crippen molar-refractivity contribution in [2.24, 2.45) is 11.7 Å². The molecule has 1 aromatic heterocycles. The molecule has 1 aromatic rings. The highest BCUT2D eigenvalue weighted by Crippen LogP contribution is 2.21. The van der Waals surface area contributed by atoms with Crippen LogP contribution in [0.25, 0.3) is 0 Å². The first-order chi connectivity index (χ1) is 7.10. The number of nitrogens with two attached hydrogens (primary N) is 1. The molecule has 3 N–H and O–H groups in total. The van der Waals surface area contributed by atoms with Gasteiger partial charge in [0.25, 0.3) is 11.7 Å². The number of nitrogens with zero attached hydrogens (tertiary/aromatic N) is 2. The van der Waals surface area contributed by atoms with Crippen molar-refractivity contribution in [1.82, 2.24) is 15.5 Å². The van der Waals surface area contributed by atoms with Crippen LogP contribution < -0.4 is 11.1 Å². The fraction of sp³-hybridized carbons (Fsp3) is 0.667. The van der Waals surface area contributed by atoms with Gasteiger partial charge in [0.05, 0.1) is 5.92 Å². The quantitative estimate of drug-likeness (QED) is 0.739. The number of nitrogens with one attached hydrogen (secondary N) is 1. The van der Waals surface area contributed by atoms with E-state index in [-0.39, 0.29) is 17.6 Å². The fourth-order valence-electron chi connectivity index (χ4n) is 1.25. The van der Waals surface area contributed by atoms with Crippen molar-refractivity contribution < 1.29 is 9.32 Å². The van der Waals surface area contributed by atoms with Crippen LogP contribution >= 0.6 is 0 Å². The van der Waals surface area contributed by atoms with E-state index >= 15 is 0 Å². The first kappa shape index (κ1) is 11.6. The Morgan fingerprint density at radius 2 is 2.27 bits per heavy atom. The highest BCUT2D eigenvalue weighted by atomic mass is 16.5. The Kier molecular flexibility index (Phi) is 3.79. The van der Waals surface area contributed by atoms with Crippen LogP contribution in [0.5, 0.6) is 0 Å². The van der Waals surface area contributed by atoms with Crippen LogP contribution in [-0.2, 0) is 0 Å². The predicted molar refractivity (Wildman–Crippen MR) is 54.3 cm³/mol. The zero-order valence-corrected chi connectivity index (χ0v) is 9.15. The first-order valence-corrected chi connectivity index (χ1v) is 4.85. The minimum Gasteiger partial charge on any atom is -0.352 e. The van der Waals surface area contributed by atoms with Crippen LogP contribution in [0.1, 0.15) is 36.3 Å². The molecule has 6 heteroatoms. The van der Waals surface area contributed by atoms with Crippen molar-refractivity contribution in [3.05, 3.63) is 11.7 Å². The fourth-order valence-corrected chi connectivity index (χ4v) is 1.25. The number of aromatic nitrogens is 2. The summed E-state index contributed by atoms with van der Waals surface area (Å²) in [4.78, 5) is 15.2. The molecule has 6 nitrogen and oxygen atoms in total. The highest BCUT2D eigenvalue weighted by molar-refractivity contribution is 5.89. The molecule has 0 aliphatic heterocycles. The summed E-state index contributed by atoms with van der Waals surface area (Å²) in [6.45, 7) is 4.45. The van der Waals surface area contributed by atoms with Gasteiger partial charge in [-0.05, 0) is 5.92 Å². The number of amides is 1. The number of hydrogen-bond acceptors (Lipinski definition) is 5. The number of rotatable bonds is 4. The van der Waals surface area contributed by atoms with E-state index in [4.69, 9.17) is 10.3 Å². The summed E-state index contributed by atoms with van der Waals surface area (Å²) in [5, 5.41) is 6.01. The van der Waals surface area contributed by atoms with Crippen LogP contribution in [0.4, 0.5) is 0 Å². The maximum absolute atomic E-state index is 11.2. The van der Waals surface area contributed by atoms with E-state index < -0.39 is 0 Å². The Balaban J connectivity index is 2.87. The van der Waals surface area contributed by atoms with Gasteiger partial charge in [-0.15, -0.1) is 0 Å². The van der Waals surface area contributed by atoms with Gasteiger partial charge in [0.1, 0.15) is 0 Å². The third-order valence-electron chi connectivity index (χ3n) is 2.25. The number of carbonyl (C=O) groups excluding carboxylic acids is 1. The lowest BCUT2D eigenvalue weighted by atomic mass is 9.96. The largest absolute Gasteiger partial charge is 0.352 e. The minimum absolute atomic E-state index is 0.00379. The van der Waals surface area contributed by atoms with Crippen molar-refractivity contribution in [2.75, 3.05) is 13.6 Å². The Morgan fingerprint density at radius 3 is 2.73 bits per heavy atom. The van der Waals surface area contributed by atoms with Gasteiger partial charge in [0, 0.05) is 13.6 Å². The molecule has 1 heterocycles. The van der Waals surface area contributed by atoms with E-state index in [9.17, 15) is 4.79 Å². The molecule has 0 fully saturated rings. The van der Waals surface area contributed by atoms with Gasteiger partial charge in [0.15, 0.2) is 0 Å². The second kappa shape index (κ2) is 4.88. The Hall–Kier alpha value is -1.43. The van der Waals surface area contributed by atoms with Gasteiger partial charge in [-0.2, -0.15) is 4.98 Å². The second-order valence-electron chi connectivity index (χ2n) is 3.62. The first-order valence-electron chi connectivity index (χ1n) is 4.85. The van der Waals surface area contributed by atoms with Crippen LogP contribution in [0.2, 0.25) is 0 Å². The molecule has 15 heavy (non-hydrogen) atoms. The zero-order valence-electron chi connectivity index (χ0n) is 9.15. The van der Waals surface area contributed by atoms with Gasteiger partial charge in [-0.1, -0.05) is 19.0 Å². The molecule has 84 valence electrons. The second-order valence-corrected chi connectivity index (χ2v) is 3.62. The molecular weight excluding hydrogens is 196 g/mol. The summed E-state index contributed by atoms with van der Waals surface area (Å²) in [6, 6.07) is 0. The minimum atomic E-state index is -0.357. The van der Waals surface area contributed by atoms with E-state index in [1.807, 2.05) is 13.8 Å². The summed E-state index contributed by atoms with van der Waals surface area (Å²) >= 11 is 0. The van der Waals surface area contributed by atoms with E-state index in [1.165, 1.54) is 7.05 Å². The average molecular weight is 212 g/mol. The molecule has 1 rings (SSSR count). The van der Waals surface area contributed by atoms with E-state index in [0.29, 0.717) is 18.4 Å². The molecule has 0 aliphatic carbocycles. The van der Waals surface area contributed by atoms with E-state index in [2.05, 4.69) is 15.5 Å². The highest BCUT2D eigenvalue weighted by Gasteiger charge is 2.22. The molecule has 0 aromatic carbocycles. The van der Waals surface area contributed by atoms with Gasteiger partial charge < -0.3 is 15.6 Å². The van der Waals surface area contributed by atoms with Crippen LogP contribution in [-0.4, -0.2) is 29.6 Å². The molecule has 1 atom stereocenters. The number of carbonyl (C=O) groups is 1. The Morgan fingerprint density at radius 1 is 1.60 bits per heavy atom. The summed E-state index contributed by atoms with van der Waals surface area (Å²) < 4.78 is 5.00. The van der Waals surface area contributed by atoms with Gasteiger partial charge in [-0.25, -0.2) is 0 Å². The Bertz CT molecular complexity index is 335. The van der Waals surface area contributed by atoms with Crippen molar-refractivity contribution in [1.29, 1.82) is 0 Å². The lowest BCUT2D eigenvalue weighted by Crippen LogP contribution is -2.20. The lowest BCUT2D eigenvalue weighted by molar-refractivity contribution is 0.0950. The third-order valence-corrected chi connectivity index (χ3v) is 2.25. The van der Waals surface area contributed by atoms with E-state index in [0.717, 1.165) is 0 Å². The van der Waals surface area contributed by atoms with Gasteiger partial charge >= 0.3 is 0 Å². The molecule has 0 saturated carbocycles. The predicted octanol–water partition coefficient (Wildman–Crippen LogP) is 0.127. The smallest absolute Gasteiger partial charge is 0.292 e. The molecule has 1 amide bonds. The van der Waals surface area contributed by atoms with Crippen molar-refractivity contribution in [2.45, 2.75) is 19.8 Å². The topological polar surface area (TPSA) is 94.0 Å². The van der Waals surface area contributed by atoms with Crippen LogP contribution in [0.15, 0.2) is 4.52 Å². The monoisotopic (exact) mass is 212 g/mol. The van der Waals surface area contributed by atoms with Crippen molar-refractivity contribution in [3.8, 4) is 0 Å². The van der Waals surface area contributed by atoms with Crippen molar-refractivity contribution in [3.63, 3.8) is 0 Å². The van der Waals surface area contributed by atoms with Crippen molar-refractivity contribution >= 4 is 5.91 Å². The summed E-state index contributed by atoms with van der Waals surface area (Å²) in [5.74, 6) is 0.408. The maximum Gasteiger partial charge on any atom is 0.292 e. The molecule has 0 bridgehead atoms. The summed E-state index contributed by atoms with van der Waals surface area (Å²) in [7, 11) is 1.52. The standard InChI is InChI=1S/C9H16N4O2/c1-5(2)6(4-10)9-12-7(13-15-9)8(14)11-3/h5-6H,4,10H2,1-3H3,(H,11,14). The zero-order chi connectivity index (χ0) is 11.4. The summed E-state index contributed by atoms with van der Waals surface area (Å²) in [6.07, 6.45) is 0. The molecule has 0 radical (unpaired) electrons. The van der Waals surface area contributed by atoms with Crippen LogP contribution in [0, 0.1) is 5.92 Å². The van der Waals surface area contributed by atoms with Crippen LogP contribution in [0.3, 0.4) is 0 Å². The third kappa shape index (κ3) is 2.53. The molecule has 0 spiro atoms. The lowest BCUT2D eigenvalue weighted by Gasteiger charge is -2.13. The Labute approximate surface area is 88.2 Å².